The van der Waals surface area contributed by atoms with Crippen LogP contribution in [0.15, 0.2) is 206 Å². The Morgan fingerprint density at radius 2 is 0.519 bits per heavy atom. The van der Waals surface area contributed by atoms with Crippen molar-refractivity contribution < 1.29 is 0 Å². The van der Waals surface area contributed by atoms with Crippen LogP contribution in [0.1, 0.15) is 0 Å². The van der Waals surface area contributed by atoms with Crippen molar-refractivity contribution in [1.29, 1.82) is 0 Å². The van der Waals surface area contributed by atoms with E-state index in [0.717, 1.165) is 0 Å². The number of hydrogen-bond donors (Lipinski definition) is 0. The molecule has 10 rings (SSSR count). The summed E-state index contributed by atoms with van der Waals surface area (Å²) >= 11 is 0. The molecule has 10 aromatic carbocycles. The highest BCUT2D eigenvalue weighted by molar-refractivity contribution is 6.08. The van der Waals surface area contributed by atoms with Crippen molar-refractivity contribution in [2.75, 3.05) is 0 Å². The summed E-state index contributed by atoms with van der Waals surface area (Å²) < 4.78 is 0. The predicted molar refractivity (Wildman–Crippen MR) is 224 cm³/mol. The van der Waals surface area contributed by atoms with Gasteiger partial charge in [0, 0.05) is 0 Å². The SMILES string of the molecule is c1ccc2c(-c3ccc(-c4ccc(-c5ccc6cc(-c7ccc(-c8ccc9c(ccc%10ccccc%109)c8)cc7)ccc6c5)cc4)cc3)cccc2c1. The van der Waals surface area contributed by atoms with Crippen molar-refractivity contribution in [2.45, 2.75) is 0 Å². The quantitative estimate of drug-likeness (QED) is 0.161. The summed E-state index contributed by atoms with van der Waals surface area (Å²) in [6.45, 7) is 0. The zero-order valence-corrected chi connectivity index (χ0v) is 28.6. The third-order valence-electron chi connectivity index (χ3n) is 10.7. The molecule has 0 saturated carbocycles. The topological polar surface area (TPSA) is 0 Å². The maximum Gasteiger partial charge on any atom is -0.0105 e. The summed E-state index contributed by atoms with van der Waals surface area (Å²) in [5, 5.41) is 10.2. The van der Waals surface area contributed by atoms with E-state index >= 15 is 0 Å². The minimum Gasteiger partial charge on any atom is -0.0616 e. The van der Waals surface area contributed by atoms with E-state index in [1.54, 1.807) is 0 Å². The summed E-state index contributed by atoms with van der Waals surface area (Å²) in [4.78, 5) is 0. The predicted octanol–water partition coefficient (Wildman–Crippen LogP) is 14.6. The minimum atomic E-state index is 1.22. The lowest BCUT2D eigenvalue weighted by molar-refractivity contribution is 1.59. The van der Waals surface area contributed by atoms with E-state index in [1.165, 1.54) is 98.7 Å². The first kappa shape index (κ1) is 30.1. The van der Waals surface area contributed by atoms with Gasteiger partial charge in [0.1, 0.15) is 0 Å². The minimum absolute atomic E-state index is 1.22. The maximum absolute atomic E-state index is 2.31. The summed E-state index contributed by atoms with van der Waals surface area (Å²) in [6.07, 6.45) is 0. The Kier molecular flexibility index (Phi) is 7.25. The van der Waals surface area contributed by atoms with Gasteiger partial charge in [0.2, 0.25) is 0 Å². The van der Waals surface area contributed by atoms with Gasteiger partial charge < -0.3 is 0 Å². The first-order valence-electron chi connectivity index (χ1n) is 18.0. The van der Waals surface area contributed by atoms with Crippen LogP contribution in [0.2, 0.25) is 0 Å². The normalized spacial score (nSPS) is 11.5. The molecule has 52 heavy (non-hydrogen) atoms. The Bertz CT molecular complexity index is 2910. The van der Waals surface area contributed by atoms with Crippen LogP contribution in [0.25, 0.3) is 98.7 Å². The van der Waals surface area contributed by atoms with Crippen LogP contribution < -0.4 is 0 Å². The van der Waals surface area contributed by atoms with Crippen molar-refractivity contribution in [3.8, 4) is 55.6 Å². The van der Waals surface area contributed by atoms with Crippen molar-refractivity contribution >= 4 is 43.1 Å². The molecule has 0 fully saturated rings. The molecule has 0 spiro atoms. The Labute approximate surface area is 303 Å². The van der Waals surface area contributed by atoms with Gasteiger partial charge >= 0.3 is 0 Å². The molecule has 0 heterocycles. The van der Waals surface area contributed by atoms with Crippen molar-refractivity contribution in [3.63, 3.8) is 0 Å². The average Bonchev–Trinajstić information content (AvgIpc) is 3.23. The lowest BCUT2D eigenvalue weighted by Crippen LogP contribution is -1.84. The lowest BCUT2D eigenvalue weighted by Gasteiger charge is -2.10. The largest absolute Gasteiger partial charge is 0.0616 e. The van der Waals surface area contributed by atoms with E-state index < -0.39 is 0 Å². The summed E-state index contributed by atoms with van der Waals surface area (Å²) in [5.41, 5.74) is 12.3. The molecule has 242 valence electrons. The smallest absolute Gasteiger partial charge is 0.0105 e. The monoisotopic (exact) mass is 658 g/mol. The highest BCUT2D eigenvalue weighted by atomic mass is 14.1. The van der Waals surface area contributed by atoms with Crippen LogP contribution in [0.3, 0.4) is 0 Å². The zero-order valence-electron chi connectivity index (χ0n) is 28.6. The average molecular weight is 659 g/mol. The second-order valence-corrected chi connectivity index (χ2v) is 13.8. The summed E-state index contributed by atoms with van der Waals surface area (Å²) in [7, 11) is 0. The molecule has 0 N–H and O–H groups in total. The second kappa shape index (κ2) is 12.5. The van der Waals surface area contributed by atoms with Crippen LogP contribution >= 0.6 is 0 Å². The molecule has 0 unspecified atom stereocenters. The van der Waals surface area contributed by atoms with Gasteiger partial charge in [-0.2, -0.15) is 0 Å². The number of benzene rings is 10. The van der Waals surface area contributed by atoms with Crippen LogP contribution in [0.5, 0.6) is 0 Å². The Morgan fingerprint density at radius 3 is 1.10 bits per heavy atom. The van der Waals surface area contributed by atoms with Gasteiger partial charge in [0.15, 0.2) is 0 Å². The van der Waals surface area contributed by atoms with Crippen LogP contribution in [-0.4, -0.2) is 0 Å². The Morgan fingerprint density at radius 1 is 0.173 bits per heavy atom. The van der Waals surface area contributed by atoms with Crippen LogP contribution in [0.4, 0.5) is 0 Å². The van der Waals surface area contributed by atoms with E-state index in [0.29, 0.717) is 0 Å². The van der Waals surface area contributed by atoms with Gasteiger partial charge in [-0.25, -0.2) is 0 Å². The van der Waals surface area contributed by atoms with E-state index in [1.807, 2.05) is 0 Å². The molecule has 0 amide bonds. The molecule has 0 aliphatic heterocycles. The first-order chi connectivity index (χ1) is 25.7. The molecule has 0 bridgehead atoms. The van der Waals surface area contributed by atoms with Crippen LogP contribution in [0, 0.1) is 0 Å². The maximum atomic E-state index is 2.31. The molecular weight excluding hydrogens is 625 g/mol. The highest BCUT2D eigenvalue weighted by Gasteiger charge is 2.08. The number of hydrogen-bond acceptors (Lipinski definition) is 0. The van der Waals surface area contributed by atoms with E-state index in [2.05, 4.69) is 206 Å². The zero-order chi connectivity index (χ0) is 34.4. The number of rotatable bonds is 5. The van der Waals surface area contributed by atoms with Gasteiger partial charge in [-0.05, 0) is 117 Å². The molecule has 0 heteroatoms. The third-order valence-corrected chi connectivity index (χ3v) is 10.7. The second-order valence-electron chi connectivity index (χ2n) is 13.8. The fraction of sp³-hybridized carbons (Fsp3) is 0. The summed E-state index contributed by atoms with van der Waals surface area (Å²) in [6, 6.07) is 75.5. The van der Waals surface area contributed by atoms with E-state index in [4.69, 9.17) is 0 Å². The van der Waals surface area contributed by atoms with E-state index in [-0.39, 0.29) is 0 Å². The molecule has 0 aliphatic rings. The lowest BCUT2D eigenvalue weighted by atomic mass is 9.94. The molecule has 0 saturated heterocycles. The molecule has 0 atom stereocenters. The molecule has 10 aromatic rings. The van der Waals surface area contributed by atoms with Gasteiger partial charge in [-0.15, -0.1) is 0 Å². The number of fused-ring (bicyclic) bond motifs is 5. The fourth-order valence-corrected chi connectivity index (χ4v) is 7.83. The Balaban J connectivity index is 0.867. The molecule has 0 nitrogen and oxygen atoms in total. The highest BCUT2D eigenvalue weighted by Crippen LogP contribution is 2.34. The standard InChI is InChI=1S/C52H34/c1-3-9-49-40(6-1)8-5-11-51(49)42-22-20-36(21-23-42)35-12-14-37(15-13-35)43-25-27-47-33-44(26-28-46(47)32-43)38-16-18-39(19-17-38)45-30-31-52-48(34-45)29-24-41-7-2-4-10-50(41)52/h1-34H. The van der Waals surface area contributed by atoms with Gasteiger partial charge in [0.25, 0.3) is 0 Å². The van der Waals surface area contributed by atoms with Crippen molar-refractivity contribution in [3.05, 3.63) is 206 Å². The van der Waals surface area contributed by atoms with Gasteiger partial charge in [-0.1, -0.05) is 188 Å². The Hall–Kier alpha value is -6.76. The molecule has 0 aliphatic carbocycles. The third kappa shape index (κ3) is 5.43. The molecular formula is C52H34. The van der Waals surface area contributed by atoms with E-state index in [9.17, 15) is 0 Å². The summed E-state index contributed by atoms with van der Waals surface area (Å²) in [5.74, 6) is 0. The van der Waals surface area contributed by atoms with Crippen molar-refractivity contribution in [1.82, 2.24) is 0 Å². The molecule has 0 aromatic heterocycles. The van der Waals surface area contributed by atoms with Crippen molar-refractivity contribution in [2.24, 2.45) is 0 Å². The molecule has 0 radical (unpaired) electrons. The first-order valence-corrected chi connectivity index (χ1v) is 18.0. The van der Waals surface area contributed by atoms with Gasteiger partial charge in [-0.3, -0.25) is 0 Å². The van der Waals surface area contributed by atoms with Gasteiger partial charge in [0.05, 0.1) is 0 Å². The van der Waals surface area contributed by atoms with Crippen LogP contribution in [-0.2, 0) is 0 Å². The fourth-order valence-electron chi connectivity index (χ4n) is 7.83.